The molecule has 1 aromatic carbocycles. The average molecular weight is 267 g/mol. The van der Waals surface area contributed by atoms with Crippen LogP contribution in [0.25, 0.3) is 0 Å². The maximum Gasteiger partial charge on any atom is 0.407 e. The summed E-state index contributed by atoms with van der Waals surface area (Å²) in [5, 5.41) is 0. The maximum absolute atomic E-state index is 11.0. The number of carbonyl (C=O) groups is 2. The van der Waals surface area contributed by atoms with Crippen LogP contribution in [0.3, 0.4) is 0 Å². The third kappa shape index (κ3) is 3.35. The summed E-state index contributed by atoms with van der Waals surface area (Å²) in [6.07, 6.45) is 0. The summed E-state index contributed by atoms with van der Waals surface area (Å²) in [5.41, 5.74) is 0.203. The minimum atomic E-state index is -0.835. The SMILES string of the molecule is O=C(O[Cl+][O-])c1ccc(C(=O)O[Cl+][O-])cc1. The minimum absolute atomic E-state index is 0.102. The van der Waals surface area contributed by atoms with Crippen molar-refractivity contribution in [3.05, 3.63) is 35.4 Å². The Bertz CT molecular complexity index is 340. The fourth-order valence-electron chi connectivity index (χ4n) is 0.889. The van der Waals surface area contributed by atoms with Crippen molar-refractivity contribution in [2.24, 2.45) is 0 Å². The molecule has 0 fully saturated rings. The van der Waals surface area contributed by atoms with Gasteiger partial charge in [0.15, 0.2) is 0 Å². The highest BCUT2D eigenvalue weighted by Crippen LogP contribution is 2.07. The first-order valence-corrected chi connectivity index (χ1v) is 4.99. The molecule has 0 bridgehead atoms. The van der Waals surface area contributed by atoms with Crippen LogP contribution in [-0.2, 0) is 8.58 Å². The Morgan fingerprint density at radius 1 is 0.875 bits per heavy atom. The summed E-state index contributed by atoms with van der Waals surface area (Å²) >= 11 is 0.237. The zero-order valence-electron chi connectivity index (χ0n) is 7.51. The minimum Gasteiger partial charge on any atom is -0.495 e. The summed E-state index contributed by atoms with van der Waals surface area (Å²) in [6, 6.07) is 5.07. The summed E-state index contributed by atoms with van der Waals surface area (Å²) in [4.78, 5) is 22.0. The number of hydrogen-bond donors (Lipinski definition) is 0. The lowest BCUT2D eigenvalue weighted by Crippen LogP contribution is -2.13. The molecular formula is C8H4Cl2O6. The van der Waals surface area contributed by atoms with Gasteiger partial charge in [0.1, 0.15) is 0 Å². The largest absolute Gasteiger partial charge is 0.495 e. The molecule has 0 N–H and O–H groups in total. The zero-order valence-corrected chi connectivity index (χ0v) is 9.03. The van der Waals surface area contributed by atoms with Gasteiger partial charge in [0.05, 0.1) is 11.1 Å². The summed E-state index contributed by atoms with van der Waals surface area (Å²) in [7, 11) is 0. The first-order chi connectivity index (χ1) is 7.69. The molecule has 0 unspecified atom stereocenters. The molecule has 1 rings (SSSR count). The second kappa shape index (κ2) is 6.29. The van der Waals surface area contributed by atoms with Crippen molar-refractivity contribution in [2.45, 2.75) is 0 Å². The highest BCUT2D eigenvalue weighted by molar-refractivity contribution is 5.92. The summed E-state index contributed by atoms with van der Waals surface area (Å²) in [5.74, 6) is -1.67. The van der Waals surface area contributed by atoms with E-state index < -0.39 is 11.9 Å². The number of halogens is 2. The van der Waals surface area contributed by atoms with Crippen molar-refractivity contribution in [1.29, 1.82) is 0 Å². The number of rotatable bonds is 4. The van der Waals surface area contributed by atoms with E-state index in [1.165, 1.54) is 24.3 Å². The molecular weight excluding hydrogens is 263 g/mol. The van der Waals surface area contributed by atoms with E-state index in [9.17, 15) is 18.9 Å². The van der Waals surface area contributed by atoms with E-state index in [4.69, 9.17) is 0 Å². The standard InChI is InChI=1S/C8H4Cl2O6/c11-7(15-9-13)5-1-2-6(4-3-5)8(12)16-10-14/h1-4H. The van der Waals surface area contributed by atoms with Crippen LogP contribution < -0.4 is 9.32 Å². The van der Waals surface area contributed by atoms with E-state index in [0.29, 0.717) is 0 Å². The molecule has 0 aromatic heterocycles. The van der Waals surface area contributed by atoms with Crippen molar-refractivity contribution in [3.8, 4) is 0 Å². The second-order valence-corrected chi connectivity index (χ2v) is 2.99. The summed E-state index contributed by atoms with van der Waals surface area (Å²) in [6.45, 7) is 0. The van der Waals surface area contributed by atoms with Crippen LogP contribution in [0, 0.1) is 22.7 Å². The molecule has 0 aliphatic carbocycles. The van der Waals surface area contributed by atoms with Gasteiger partial charge < -0.3 is 9.32 Å². The molecule has 16 heavy (non-hydrogen) atoms. The van der Waals surface area contributed by atoms with Crippen molar-refractivity contribution < 1.29 is 50.1 Å². The molecule has 0 spiro atoms. The molecule has 0 saturated carbocycles. The van der Waals surface area contributed by atoms with Crippen LogP contribution in [-0.4, -0.2) is 11.9 Å². The number of carbonyl (C=O) groups excluding carboxylic acids is 2. The fraction of sp³-hybridized carbons (Fsp3) is 0. The molecule has 0 amide bonds. The Labute approximate surface area is 97.9 Å². The van der Waals surface area contributed by atoms with Crippen molar-refractivity contribution in [1.82, 2.24) is 0 Å². The van der Waals surface area contributed by atoms with E-state index in [2.05, 4.69) is 8.58 Å². The molecule has 1 aromatic rings. The fourth-order valence-corrected chi connectivity index (χ4v) is 1.18. The lowest BCUT2D eigenvalue weighted by Gasteiger charge is -1.96. The van der Waals surface area contributed by atoms with Gasteiger partial charge in [-0.25, -0.2) is 9.59 Å². The topological polar surface area (TPSA) is 98.7 Å². The van der Waals surface area contributed by atoms with Gasteiger partial charge in [-0.15, -0.1) is 0 Å². The quantitative estimate of drug-likeness (QED) is 0.661. The predicted octanol–water partition coefficient (Wildman–Crippen LogP) is -1.45. The lowest BCUT2D eigenvalue weighted by molar-refractivity contribution is -1.26. The monoisotopic (exact) mass is 266 g/mol. The molecule has 0 aliphatic heterocycles. The van der Waals surface area contributed by atoms with Crippen LogP contribution in [0.15, 0.2) is 24.3 Å². The Kier molecular flexibility index (Phi) is 5.00. The third-order valence-corrected chi connectivity index (χ3v) is 1.97. The van der Waals surface area contributed by atoms with Crippen LogP contribution >= 0.6 is 0 Å². The molecule has 0 heterocycles. The molecule has 0 atom stereocenters. The normalized spacial score (nSPS) is 9.62. The van der Waals surface area contributed by atoms with Crippen molar-refractivity contribution >= 4 is 11.9 Å². The van der Waals surface area contributed by atoms with E-state index in [1.807, 2.05) is 0 Å². The maximum atomic E-state index is 11.0. The van der Waals surface area contributed by atoms with Crippen LogP contribution in [0.5, 0.6) is 0 Å². The van der Waals surface area contributed by atoms with Crippen molar-refractivity contribution in [3.63, 3.8) is 0 Å². The Hall–Kier alpha value is -1.34. The Morgan fingerprint density at radius 2 is 1.19 bits per heavy atom. The van der Waals surface area contributed by atoms with Gasteiger partial charge in [-0.3, -0.25) is 0 Å². The predicted molar refractivity (Wildman–Crippen MR) is 37.3 cm³/mol. The van der Waals surface area contributed by atoms with Gasteiger partial charge in [0.2, 0.25) is 0 Å². The number of hydrogen-bond acceptors (Lipinski definition) is 6. The Balaban J connectivity index is 2.75. The smallest absolute Gasteiger partial charge is 0.407 e. The van der Waals surface area contributed by atoms with Gasteiger partial charge in [0.25, 0.3) is 0 Å². The molecule has 8 heteroatoms. The van der Waals surface area contributed by atoms with E-state index in [0.717, 1.165) is 0 Å². The third-order valence-electron chi connectivity index (χ3n) is 1.56. The van der Waals surface area contributed by atoms with E-state index >= 15 is 0 Å². The highest BCUT2D eigenvalue weighted by atomic mass is 35.6. The van der Waals surface area contributed by atoms with Crippen LogP contribution in [0.1, 0.15) is 20.7 Å². The molecule has 0 radical (unpaired) electrons. The highest BCUT2D eigenvalue weighted by Gasteiger charge is 2.16. The zero-order chi connectivity index (χ0) is 12.0. The van der Waals surface area contributed by atoms with Gasteiger partial charge in [0, 0.05) is 0 Å². The van der Waals surface area contributed by atoms with Gasteiger partial charge in [-0.1, -0.05) is 0 Å². The van der Waals surface area contributed by atoms with Crippen LogP contribution in [0.4, 0.5) is 0 Å². The first kappa shape index (κ1) is 12.7. The second-order valence-electron chi connectivity index (χ2n) is 2.43. The molecule has 0 aliphatic rings. The molecule has 0 saturated heterocycles. The molecule has 86 valence electrons. The van der Waals surface area contributed by atoms with Crippen LogP contribution in [0.2, 0.25) is 0 Å². The average Bonchev–Trinajstić information content (AvgIpc) is 2.30. The van der Waals surface area contributed by atoms with Gasteiger partial charge in [-0.05, 0) is 24.3 Å². The van der Waals surface area contributed by atoms with Crippen molar-refractivity contribution in [2.75, 3.05) is 0 Å². The lowest BCUT2D eigenvalue weighted by atomic mass is 10.1. The van der Waals surface area contributed by atoms with E-state index in [1.54, 1.807) is 0 Å². The molecule has 6 nitrogen and oxygen atoms in total. The summed E-state index contributed by atoms with van der Waals surface area (Å²) < 4.78 is 27.9. The van der Waals surface area contributed by atoms with E-state index in [-0.39, 0.29) is 33.8 Å². The number of benzene rings is 1. The Morgan fingerprint density at radius 3 is 1.44 bits per heavy atom. The first-order valence-electron chi connectivity index (χ1n) is 3.76. The van der Waals surface area contributed by atoms with Gasteiger partial charge >= 0.3 is 34.6 Å². The van der Waals surface area contributed by atoms with Gasteiger partial charge in [-0.2, -0.15) is 8.58 Å².